The molecular formula is C11H11N7O2. The topological polar surface area (TPSA) is 115 Å². The second-order valence-corrected chi connectivity index (χ2v) is 4.10. The van der Waals surface area contributed by atoms with Gasteiger partial charge in [-0.25, -0.2) is 0 Å². The summed E-state index contributed by atoms with van der Waals surface area (Å²) < 4.78 is 5.15. The first-order valence-corrected chi connectivity index (χ1v) is 5.84. The summed E-state index contributed by atoms with van der Waals surface area (Å²) in [7, 11) is 0. The number of anilines is 1. The van der Waals surface area contributed by atoms with Crippen LogP contribution in [0.4, 0.5) is 5.82 Å². The van der Waals surface area contributed by atoms with Crippen LogP contribution in [0.25, 0.3) is 11.6 Å². The fourth-order valence-corrected chi connectivity index (χ4v) is 1.59. The number of hydrogen-bond donors (Lipinski definition) is 2. The van der Waals surface area contributed by atoms with Crippen LogP contribution in [-0.2, 0) is 11.3 Å². The highest BCUT2D eigenvalue weighted by atomic mass is 16.3. The van der Waals surface area contributed by atoms with Crippen LogP contribution in [0.3, 0.4) is 0 Å². The van der Waals surface area contributed by atoms with Gasteiger partial charge in [0.25, 0.3) is 0 Å². The summed E-state index contributed by atoms with van der Waals surface area (Å²) in [6.07, 6.45) is 3.14. The normalized spacial score (nSPS) is 10.7. The smallest absolute Gasteiger partial charge is 0.249 e. The number of hydrogen-bond acceptors (Lipinski definition) is 6. The van der Waals surface area contributed by atoms with Crippen molar-refractivity contribution < 1.29 is 9.21 Å². The van der Waals surface area contributed by atoms with Crippen molar-refractivity contribution in [2.75, 3.05) is 5.32 Å². The largest absolute Gasteiger partial charge is 0.461 e. The Morgan fingerprint density at radius 3 is 3.15 bits per heavy atom. The van der Waals surface area contributed by atoms with E-state index in [0.717, 1.165) is 5.56 Å². The molecule has 1 amide bonds. The zero-order chi connectivity index (χ0) is 13.9. The van der Waals surface area contributed by atoms with Crippen molar-refractivity contribution in [1.29, 1.82) is 0 Å². The van der Waals surface area contributed by atoms with Gasteiger partial charge in [0.1, 0.15) is 12.4 Å². The Balaban J connectivity index is 1.66. The molecule has 20 heavy (non-hydrogen) atoms. The molecule has 9 heteroatoms. The molecule has 102 valence electrons. The van der Waals surface area contributed by atoms with Gasteiger partial charge in [0.15, 0.2) is 5.76 Å². The van der Waals surface area contributed by atoms with E-state index in [2.05, 4.69) is 30.9 Å². The molecule has 0 atom stereocenters. The number of aryl methyl sites for hydroxylation is 1. The Morgan fingerprint density at radius 1 is 1.55 bits per heavy atom. The zero-order valence-corrected chi connectivity index (χ0v) is 10.6. The van der Waals surface area contributed by atoms with E-state index >= 15 is 0 Å². The Labute approximate surface area is 113 Å². The van der Waals surface area contributed by atoms with Crippen molar-refractivity contribution in [2.45, 2.75) is 13.5 Å². The van der Waals surface area contributed by atoms with Gasteiger partial charge in [0.05, 0.1) is 12.5 Å². The molecule has 3 heterocycles. The highest BCUT2D eigenvalue weighted by Crippen LogP contribution is 2.13. The van der Waals surface area contributed by atoms with Crippen molar-refractivity contribution >= 4 is 11.7 Å². The Kier molecular flexibility index (Phi) is 2.99. The van der Waals surface area contributed by atoms with Gasteiger partial charge >= 0.3 is 0 Å². The van der Waals surface area contributed by atoms with Crippen LogP contribution in [0, 0.1) is 6.92 Å². The molecule has 0 unspecified atom stereocenters. The minimum Gasteiger partial charge on any atom is -0.461 e. The van der Waals surface area contributed by atoms with Crippen LogP contribution >= 0.6 is 0 Å². The summed E-state index contributed by atoms with van der Waals surface area (Å²) in [5.41, 5.74) is 0.848. The van der Waals surface area contributed by atoms with Crippen molar-refractivity contribution in [1.82, 2.24) is 30.4 Å². The lowest BCUT2D eigenvalue weighted by molar-refractivity contribution is -0.117. The number of tetrazole rings is 1. The lowest BCUT2D eigenvalue weighted by atomic mass is 10.4. The monoisotopic (exact) mass is 273 g/mol. The van der Waals surface area contributed by atoms with Crippen molar-refractivity contribution in [3.63, 3.8) is 0 Å². The van der Waals surface area contributed by atoms with Gasteiger partial charge in [-0.2, -0.15) is 9.90 Å². The average Bonchev–Trinajstić information content (AvgIpc) is 3.12. The lowest BCUT2D eigenvalue weighted by Crippen LogP contribution is -2.21. The highest BCUT2D eigenvalue weighted by molar-refractivity contribution is 5.90. The molecule has 0 aliphatic rings. The SMILES string of the molecule is Cc1cn[nH]c1NC(=O)Cn1nnc(-c2ccco2)n1. The predicted octanol–water partition coefficient (Wildman–Crippen LogP) is 0.603. The second kappa shape index (κ2) is 4.96. The first-order chi connectivity index (χ1) is 9.72. The number of nitrogens with one attached hydrogen (secondary N) is 2. The fraction of sp³-hybridized carbons (Fsp3) is 0.182. The molecule has 0 radical (unpaired) electrons. The molecule has 3 aromatic heterocycles. The summed E-state index contributed by atoms with van der Waals surface area (Å²) in [6, 6.07) is 3.44. The quantitative estimate of drug-likeness (QED) is 0.719. The van der Waals surface area contributed by atoms with Crippen LogP contribution in [0.1, 0.15) is 5.56 Å². The van der Waals surface area contributed by atoms with Crippen LogP contribution in [0.2, 0.25) is 0 Å². The zero-order valence-electron chi connectivity index (χ0n) is 10.6. The minimum absolute atomic E-state index is 0.0494. The highest BCUT2D eigenvalue weighted by Gasteiger charge is 2.12. The lowest BCUT2D eigenvalue weighted by Gasteiger charge is -2.02. The Morgan fingerprint density at radius 2 is 2.45 bits per heavy atom. The van der Waals surface area contributed by atoms with E-state index in [1.165, 1.54) is 11.1 Å². The molecule has 3 rings (SSSR count). The van der Waals surface area contributed by atoms with Gasteiger partial charge in [-0.1, -0.05) is 0 Å². The molecule has 9 nitrogen and oxygen atoms in total. The molecule has 0 fully saturated rings. The number of furan rings is 1. The second-order valence-electron chi connectivity index (χ2n) is 4.10. The van der Waals surface area contributed by atoms with Gasteiger partial charge in [0, 0.05) is 5.56 Å². The number of amides is 1. The molecule has 0 saturated carbocycles. The van der Waals surface area contributed by atoms with Gasteiger partial charge in [-0.05, 0) is 24.3 Å². The summed E-state index contributed by atoms with van der Waals surface area (Å²) in [6.45, 7) is 1.79. The van der Waals surface area contributed by atoms with E-state index in [0.29, 0.717) is 17.4 Å². The van der Waals surface area contributed by atoms with E-state index in [4.69, 9.17) is 4.42 Å². The molecule has 3 aromatic rings. The number of H-pyrrole nitrogens is 1. The third-order valence-electron chi connectivity index (χ3n) is 2.57. The minimum atomic E-state index is -0.277. The van der Waals surface area contributed by atoms with E-state index in [1.54, 1.807) is 18.3 Å². The summed E-state index contributed by atoms with van der Waals surface area (Å²) >= 11 is 0. The van der Waals surface area contributed by atoms with E-state index in [1.807, 2.05) is 6.92 Å². The molecule has 0 aliphatic carbocycles. The number of aromatic nitrogens is 6. The summed E-state index contributed by atoms with van der Waals surface area (Å²) in [5.74, 6) is 1.11. The standard InChI is InChI=1S/C11H11N7O2/c1-7-5-12-14-10(7)13-9(19)6-18-16-11(15-17-18)8-3-2-4-20-8/h2-5H,6H2,1H3,(H2,12,13,14,19). The number of carbonyl (C=O) groups is 1. The van der Waals surface area contributed by atoms with Gasteiger partial charge in [-0.3, -0.25) is 9.89 Å². The Hall–Kier alpha value is -2.97. The molecule has 0 aliphatic heterocycles. The predicted molar refractivity (Wildman–Crippen MR) is 67.5 cm³/mol. The van der Waals surface area contributed by atoms with Crippen LogP contribution in [0.5, 0.6) is 0 Å². The number of rotatable bonds is 4. The summed E-state index contributed by atoms with van der Waals surface area (Å²) in [4.78, 5) is 13.0. The van der Waals surface area contributed by atoms with E-state index < -0.39 is 0 Å². The maximum atomic E-state index is 11.8. The van der Waals surface area contributed by atoms with Crippen LogP contribution in [0.15, 0.2) is 29.0 Å². The Bertz CT molecular complexity index is 713. The van der Waals surface area contributed by atoms with E-state index in [-0.39, 0.29) is 12.5 Å². The first-order valence-electron chi connectivity index (χ1n) is 5.84. The fourth-order valence-electron chi connectivity index (χ4n) is 1.59. The number of nitrogens with zero attached hydrogens (tertiary/aromatic N) is 5. The van der Waals surface area contributed by atoms with Gasteiger partial charge in [0.2, 0.25) is 11.7 Å². The molecule has 0 bridgehead atoms. The first kappa shape index (κ1) is 12.1. The summed E-state index contributed by atoms with van der Waals surface area (Å²) in [5, 5.41) is 20.8. The van der Waals surface area contributed by atoms with Crippen molar-refractivity contribution in [2.24, 2.45) is 0 Å². The third-order valence-corrected chi connectivity index (χ3v) is 2.57. The van der Waals surface area contributed by atoms with Crippen LogP contribution < -0.4 is 5.32 Å². The van der Waals surface area contributed by atoms with Gasteiger partial charge < -0.3 is 9.73 Å². The van der Waals surface area contributed by atoms with Crippen LogP contribution in [-0.4, -0.2) is 36.3 Å². The molecule has 0 saturated heterocycles. The molecule has 0 spiro atoms. The average molecular weight is 273 g/mol. The van der Waals surface area contributed by atoms with Crippen molar-refractivity contribution in [3.05, 3.63) is 30.2 Å². The molecule has 2 N–H and O–H groups in total. The van der Waals surface area contributed by atoms with E-state index in [9.17, 15) is 4.79 Å². The third kappa shape index (κ3) is 2.41. The maximum absolute atomic E-state index is 11.8. The van der Waals surface area contributed by atoms with Crippen molar-refractivity contribution in [3.8, 4) is 11.6 Å². The number of aromatic amines is 1. The maximum Gasteiger partial charge on any atom is 0.249 e. The molecule has 0 aromatic carbocycles. The number of carbonyl (C=O) groups excluding carboxylic acids is 1. The van der Waals surface area contributed by atoms with Gasteiger partial charge in [-0.15, -0.1) is 10.2 Å². The molecular weight excluding hydrogens is 262 g/mol.